The van der Waals surface area contributed by atoms with Gasteiger partial charge in [-0.25, -0.2) is 0 Å². The quantitative estimate of drug-likeness (QED) is 0.375. The Morgan fingerprint density at radius 3 is 1.85 bits per heavy atom. The maximum atomic E-state index is 4.25. The van der Waals surface area contributed by atoms with Gasteiger partial charge in [-0.3, -0.25) is 9.89 Å². The third-order valence-corrected chi connectivity index (χ3v) is 3.23. The molecule has 0 spiro atoms. The Balaban J connectivity index is 0. The van der Waals surface area contributed by atoms with Crippen LogP contribution in [-0.4, -0.2) is 49.6 Å². The lowest BCUT2D eigenvalue weighted by Gasteiger charge is -2.30. The monoisotopic (exact) mass is 398 g/mol. The number of nitrogens with one attached hydrogen (secondary N) is 2. The van der Waals surface area contributed by atoms with E-state index in [0.29, 0.717) is 12.1 Å². The normalized spacial score (nSPS) is 12.2. The van der Waals surface area contributed by atoms with E-state index in [1.54, 1.807) is 0 Å². The first-order valence-electron chi connectivity index (χ1n) is 7.58. The van der Waals surface area contributed by atoms with Crippen LogP contribution < -0.4 is 10.6 Å². The molecule has 0 bridgehead atoms. The van der Waals surface area contributed by atoms with Crippen molar-refractivity contribution in [3.8, 4) is 0 Å². The number of hydrogen-bond acceptors (Lipinski definition) is 2. The van der Waals surface area contributed by atoms with Crippen molar-refractivity contribution in [1.82, 2.24) is 15.5 Å². The van der Waals surface area contributed by atoms with Crippen molar-refractivity contribution >= 4 is 29.9 Å². The van der Waals surface area contributed by atoms with Crippen LogP contribution in [0.3, 0.4) is 0 Å². The van der Waals surface area contributed by atoms with E-state index in [1.165, 1.54) is 6.42 Å². The van der Waals surface area contributed by atoms with E-state index in [4.69, 9.17) is 0 Å². The summed E-state index contributed by atoms with van der Waals surface area (Å²) < 4.78 is 0. The number of nitrogens with zero attached hydrogens (tertiary/aromatic N) is 2. The predicted octanol–water partition coefficient (Wildman–Crippen LogP) is 2.93. The molecule has 0 aromatic heterocycles. The highest BCUT2D eigenvalue weighted by molar-refractivity contribution is 14.0. The minimum Gasteiger partial charge on any atom is -0.356 e. The van der Waals surface area contributed by atoms with E-state index in [9.17, 15) is 0 Å². The molecule has 0 unspecified atom stereocenters. The highest BCUT2D eigenvalue weighted by Gasteiger charge is 2.12. The van der Waals surface area contributed by atoms with Crippen molar-refractivity contribution in [2.75, 3.05) is 26.7 Å². The van der Waals surface area contributed by atoms with Crippen LogP contribution in [0.2, 0.25) is 0 Å². The van der Waals surface area contributed by atoms with Gasteiger partial charge in [0, 0.05) is 38.8 Å². The van der Waals surface area contributed by atoms with Crippen molar-refractivity contribution < 1.29 is 0 Å². The summed E-state index contributed by atoms with van der Waals surface area (Å²) in [5, 5.41) is 6.73. The Bertz CT molecular complexity index is 244. The average molecular weight is 398 g/mol. The van der Waals surface area contributed by atoms with E-state index in [0.717, 1.165) is 31.5 Å². The first kappa shape index (κ1) is 22.2. The number of rotatable bonds is 8. The summed E-state index contributed by atoms with van der Waals surface area (Å²) in [6.45, 7) is 16.4. The number of halogens is 1. The molecule has 0 heterocycles. The molecule has 0 aliphatic heterocycles. The lowest BCUT2D eigenvalue weighted by molar-refractivity contribution is 0.178. The number of guanidine groups is 1. The zero-order valence-electron chi connectivity index (χ0n) is 14.4. The summed E-state index contributed by atoms with van der Waals surface area (Å²) in [5.74, 6) is 1.64. The van der Waals surface area contributed by atoms with Crippen LogP contribution >= 0.6 is 24.0 Å². The van der Waals surface area contributed by atoms with E-state index < -0.39 is 0 Å². The molecule has 5 heteroatoms. The summed E-state index contributed by atoms with van der Waals surface area (Å²) >= 11 is 0. The van der Waals surface area contributed by atoms with Gasteiger partial charge >= 0.3 is 0 Å². The lowest BCUT2D eigenvalue weighted by Crippen LogP contribution is -2.45. The zero-order chi connectivity index (χ0) is 14.8. The van der Waals surface area contributed by atoms with E-state index in [1.807, 2.05) is 7.05 Å². The highest BCUT2D eigenvalue weighted by atomic mass is 127. The second-order valence-corrected chi connectivity index (χ2v) is 6.03. The molecule has 0 aliphatic carbocycles. The zero-order valence-corrected chi connectivity index (χ0v) is 16.7. The van der Waals surface area contributed by atoms with Crippen LogP contribution in [0.1, 0.15) is 48.0 Å². The van der Waals surface area contributed by atoms with Crippen molar-refractivity contribution in [3.05, 3.63) is 0 Å². The maximum absolute atomic E-state index is 4.25. The van der Waals surface area contributed by atoms with Gasteiger partial charge in [-0.15, -0.1) is 24.0 Å². The second kappa shape index (κ2) is 12.7. The summed E-state index contributed by atoms with van der Waals surface area (Å²) in [5.41, 5.74) is 0. The summed E-state index contributed by atoms with van der Waals surface area (Å²) in [6, 6.07) is 1.16. The molecule has 0 atom stereocenters. The van der Waals surface area contributed by atoms with Gasteiger partial charge in [-0.2, -0.15) is 0 Å². The van der Waals surface area contributed by atoms with Gasteiger partial charge in [0.1, 0.15) is 0 Å². The van der Waals surface area contributed by atoms with Gasteiger partial charge in [-0.05, 0) is 40.0 Å². The van der Waals surface area contributed by atoms with Crippen molar-refractivity contribution in [2.45, 2.75) is 60.0 Å². The molecule has 0 aromatic carbocycles. The third kappa shape index (κ3) is 10.7. The van der Waals surface area contributed by atoms with Crippen molar-refractivity contribution in [1.29, 1.82) is 0 Å². The first-order chi connectivity index (χ1) is 8.88. The van der Waals surface area contributed by atoms with Gasteiger partial charge in [0.2, 0.25) is 0 Å². The molecule has 0 fully saturated rings. The van der Waals surface area contributed by atoms with Gasteiger partial charge in [-0.1, -0.05) is 13.8 Å². The smallest absolute Gasteiger partial charge is 0.191 e. The fraction of sp³-hybridized carbons (Fsp3) is 0.933. The van der Waals surface area contributed by atoms with Crippen LogP contribution in [0.25, 0.3) is 0 Å². The first-order valence-corrected chi connectivity index (χ1v) is 7.58. The molecular formula is C15H35IN4. The molecule has 0 amide bonds. The SMILES string of the molecule is CN=C(NCCC(C)C)NCCN(C(C)C)C(C)C.I. The van der Waals surface area contributed by atoms with Gasteiger partial charge < -0.3 is 10.6 Å². The minimum absolute atomic E-state index is 0. The largest absolute Gasteiger partial charge is 0.356 e. The van der Waals surface area contributed by atoms with Crippen LogP contribution in [0, 0.1) is 5.92 Å². The molecular weight excluding hydrogens is 363 g/mol. The molecule has 122 valence electrons. The van der Waals surface area contributed by atoms with E-state index in [2.05, 4.69) is 62.1 Å². The Morgan fingerprint density at radius 1 is 0.950 bits per heavy atom. The lowest BCUT2D eigenvalue weighted by atomic mass is 10.1. The topological polar surface area (TPSA) is 39.7 Å². The highest BCUT2D eigenvalue weighted by Crippen LogP contribution is 2.03. The van der Waals surface area contributed by atoms with E-state index in [-0.39, 0.29) is 24.0 Å². The predicted molar refractivity (Wildman–Crippen MR) is 101 cm³/mol. The molecule has 0 aromatic rings. The van der Waals surface area contributed by atoms with Crippen LogP contribution in [0.5, 0.6) is 0 Å². The molecule has 20 heavy (non-hydrogen) atoms. The molecule has 0 radical (unpaired) electrons. The van der Waals surface area contributed by atoms with Crippen molar-refractivity contribution in [2.24, 2.45) is 10.9 Å². The van der Waals surface area contributed by atoms with Crippen LogP contribution in [-0.2, 0) is 0 Å². The molecule has 4 nitrogen and oxygen atoms in total. The maximum Gasteiger partial charge on any atom is 0.191 e. The standard InChI is InChI=1S/C15H34N4.HI/c1-12(2)8-9-17-15(16-7)18-10-11-19(13(3)4)14(5)6;/h12-14H,8-11H2,1-7H3,(H2,16,17,18);1H. The van der Waals surface area contributed by atoms with E-state index >= 15 is 0 Å². The second-order valence-electron chi connectivity index (χ2n) is 6.03. The number of aliphatic imine (C=N–C) groups is 1. The molecule has 0 saturated carbocycles. The minimum atomic E-state index is 0. The Hall–Kier alpha value is -0.0400. The summed E-state index contributed by atoms with van der Waals surface area (Å²) in [4.78, 5) is 6.73. The van der Waals surface area contributed by atoms with Gasteiger partial charge in [0.25, 0.3) is 0 Å². The molecule has 2 N–H and O–H groups in total. The van der Waals surface area contributed by atoms with Crippen LogP contribution in [0.15, 0.2) is 4.99 Å². The Kier molecular flexibility index (Phi) is 14.1. The van der Waals surface area contributed by atoms with Gasteiger partial charge in [0.05, 0.1) is 0 Å². The Labute approximate surface area is 143 Å². The number of hydrogen-bond donors (Lipinski definition) is 2. The average Bonchev–Trinajstić information content (AvgIpc) is 2.30. The fourth-order valence-electron chi connectivity index (χ4n) is 2.12. The van der Waals surface area contributed by atoms with Gasteiger partial charge in [0.15, 0.2) is 5.96 Å². The summed E-state index contributed by atoms with van der Waals surface area (Å²) in [6.07, 6.45) is 1.17. The van der Waals surface area contributed by atoms with Crippen LogP contribution in [0.4, 0.5) is 0 Å². The molecule has 0 saturated heterocycles. The fourth-order valence-corrected chi connectivity index (χ4v) is 2.12. The molecule has 0 rings (SSSR count). The third-order valence-electron chi connectivity index (χ3n) is 3.23. The molecule has 0 aliphatic rings. The van der Waals surface area contributed by atoms with Crippen molar-refractivity contribution in [3.63, 3.8) is 0 Å². The summed E-state index contributed by atoms with van der Waals surface area (Å²) in [7, 11) is 1.83. The Morgan fingerprint density at radius 2 is 1.45 bits per heavy atom.